The van der Waals surface area contributed by atoms with Crippen molar-refractivity contribution in [2.45, 2.75) is 12.8 Å². The van der Waals surface area contributed by atoms with Gasteiger partial charge in [0.1, 0.15) is 5.69 Å². The highest BCUT2D eigenvalue weighted by Gasteiger charge is 2.14. The molecule has 0 radical (unpaired) electrons. The van der Waals surface area contributed by atoms with Crippen LogP contribution in [0.2, 0.25) is 10.0 Å². The van der Waals surface area contributed by atoms with Crippen molar-refractivity contribution in [3.05, 3.63) is 52.3 Å². The lowest BCUT2D eigenvalue weighted by Crippen LogP contribution is -2.19. The zero-order valence-corrected chi connectivity index (χ0v) is 13.4. The molecular weight excluding hydrogens is 321 g/mol. The Morgan fingerprint density at radius 3 is 2.55 bits per heavy atom. The summed E-state index contributed by atoms with van der Waals surface area (Å²) in [5.74, 6) is -0.294. The Bertz CT molecular complexity index is 682. The molecule has 0 aliphatic carbocycles. The molecule has 2 heterocycles. The molecule has 0 atom stereocenters. The summed E-state index contributed by atoms with van der Waals surface area (Å²) in [4.78, 5) is 18.7. The van der Waals surface area contributed by atoms with Crippen LogP contribution in [0.25, 0.3) is 0 Å². The number of aromatic nitrogens is 1. The molecule has 1 aliphatic rings. The van der Waals surface area contributed by atoms with Crippen molar-refractivity contribution < 1.29 is 4.79 Å². The summed E-state index contributed by atoms with van der Waals surface area (Å²) in [6, 6.07) is 8.58. The first-order chi connectivity index (χ1) is 10.6. The molecule has 1 amide bonds. The van der Waals surface area contributed by atoms with Crippen molar-refractivity contribution in [1.29, 1.82) is 0 Å². The Balaban J connectivity index is 1.71. The van der Waals surface area contributed by atoms with Gasteiger partial charge < -0.3 is 10.2 Å². The van der Waals surface area contributed by atoms with E-state index in [1.807, 2.05) is 6.07 Å². The minimum Gasteiger partial charge on any atom is -0.370 e. The van der Waals surface area contributed by atoms with E-state index in [1.165, 1.54) is 12.8 Å². The second-order valence-electron chi connectivity index (χ2n) is 5.17. The molecule has 0 spiro atoms. The van der Waals surface area contributed by atoms with E-state index < -0.39 is 0 Å². The molecule has 1 fully saturated rings. The Kier molecular flexibility index (Phi) is 4.50. The molecular formula is C16H15Cl2N3O. The standard InChI is InChI=1S/C16H15Cl2N3O/c17-11-3-5-14(13(18)9-11)20-16(22)15-6-4-12(10-19-15)21-7-1-2-8-21/h3-6,9-10H,1-2,7-8H2,(H,20,22). The number of nitrogens with zero attached hydrogens (tertiary/aromatic N) is 2. The van der Waals surface area contributed by atoms with E-state index in [4.69, 9.17) is 23.2 Å². The fraction of sp³-hybridized carbons (Fsp3) is 0.250. The van der Waals surface area contributed by atoms with Crippen molar-refractivity contribution in [3.8, 4) is 0 Å². The molecule has 1 aromatic carbocycles. The molecule has 3 rings (SSSR count). The van der Waals surface area contributed by atoms with Gasteiger partial charge in [0.15, 0.2) is 0 Å². The largest absolute Gasteiger partial charge is 0.370 e. The molecule has 22 heavy (non-hydrogen) atoms. The number of pyridine rings is 1. The molecule has 0 saturated carbocycles. The second kappa shape index (κ2) is 6.55. The maximum atomic E-state index is 12.2. The Morgan fingerprint density at radius 1 is 1.14 bits per heavy atom. The first kappa shape index (κ1) is 15.1. The van der Waals surface area contributed by atoms with Crippen molar-refractivity contribution in [3.63, 3.8) is 0 Å². The normalized spacial score (nSPS) is 14.2. The lowest BCUT2D eigenvalue weighted by molar-refractivity contribution is 0.102. The van der Waals surface area contributed by atoms with Crippen molar-refractivity contribution >= 4 is 40.5 Å². The minimum atomic E-state index is -0.294. The predicted octanol–water partition coefficient (Wildman–Crippen LogP) is 4.24. The lowest BCUT2D eigenvalue weighted by atomic mass is 10.2. The summed E-state index contributed by atoms with van der Waals surface area (Å²) in [5, 5.41) is 3.66. The molecule has 0 bridgehead atoms. The highest BCUT2D eigenvalue weighted by atomic mass is 35.5. The van der Waals surface area contributed by atoms with Gasteiger partial charge in [0, 0.05) is 18.1 Å². The van der Waals surface area contributed by atoms with Gasteiger partial charge in [-0.2, -0.15) is 0 Å². The number of amides is 1. The van der Waals surface area contributed by atoms with Crippen LogP contribution in [-0.2, 0) is 0 Å². The van der Waals surface area contributed by atoms with Crippen molar-refractivity contribution in [2.24, 2.45) is 0 Å². The van der Waals surface area contributed by atoms with Crippen LogP contribution in [0.3, 0.4) is 0 Å². The maximum absolute atomic E-state index is 12.2. The number of carbonyl (C=O) groups excluding carboxylic acids is 1. The van der Waals surface area contributed by atoms with Crippen LogP contribution in [0.5, 0.6) is 0 Å². The Hall–Kier alpha value is -1.78. The predicted molar refractivity (Wildman–Crippen MR) is 90.1 cm³/mol. The smallest absolute Gasteiger partial charge is 0.274 e. The molecule has 114 valence electrons. The number of anilines is 2. The molecule has 1 saturated heterocycles. The third-order valence-corrected chi connectivity index (χ3v) is 4.18. The van der Waals surface area contributed by atoms with Gasteiger partial charge in [-0.3, -0.25) is 4.79 Å². The number of hydrogen-bond donors (Lipinski definition) is 1. The lowest BCUT2D eigenvalue weighted by Gasteiger charge is -2.17. The van der Waals surface area contributed by atoms with E-state index in [0.717, 1.165) is 18.8 Å². The van der Waals surface area contributed by atoms with E-state index in [1.54, 1.807) is 30.5 Å². The van der Waals surface area contributed by atoms with Crippen LogP contribution in [0.15, 0.2) is 36.5 Å². The van der Waals surface area contributed by atoms with Crippen LogP contribution in [0.4, 0.5) is 11.4 Å². The molecule has 1 aromatic heterocycles. The van der Waals surface area contributed by atoms with E-state index >= 15 is 0 Å². The summed E-state index contributed by atoms with van der Waals surface area (Å²) in [5.41, 5.74) is 1.93. The molecule has 1 N–H and O–H groups in total. The summed E-state index contributed by atoms with van der Waals surface area (Å²) < 4.78 is 0. The van der Waals surface area contributed by atoms with Gasteiger partial charge >= 0.3 is 0 Å². The highest BCUT2D eigenvalue weighted by molar-refractivity contribution is 6.36. The summed E-state index contributed by atoms with van der Waals surface area (Å²) >= 11 is 11.9. The molecule has 0 unspecified atom stereocenters. The van der Waals surface area contributed by atoms with Crippen molar-refractivity contribution in [2.75, 3.05) is 23.3 Å². The van der Waals surface area contributed by atoms with Crippen LogP contribution in [-0.4, -0.2) is 24.0 Å². The zero-order valence-electron chi connectivity index (χ0n) is 11.9. The first-order valence-corrected chi connectivity index (χ1v) is 7.86. The number of rotatable bonds is 3. The van der Waals surface area contributed by atoms with E-state index in [9.17, 15) is 4.79 Å². The van der Waals surface area contributed by atoms with Gasteiger partial charge in [0.2, 0.25) is 0 Å². The van der Waals surface area contributed by atoms with Crippen molar-refractivity contribution in [1.82, 2.24) is 4.98 Å². The molecule has 4 nitrogen and oxygen atoms in total. The number of nitrogens with one attached hydrogen (secondary N) is 1. The van der Waals surface area contributed by atoms with E-state index in [2.05, 4.69) is 15.2 Å². The minimum absolute atomic E-state index is 0.294. The molecule has 2 aromatic rings. The summed E-state index contributed by atoms with van der Waals surface area (Å²) in [6.07, 6.45) is 4.15. The summed E-state index contributed by atoms with van der Waals surface area (Å²) in [6.45, 7) is 2.10. The van der Waals surface area contributed by atoms with Crippen LogP contribution >= 0.6 is 23.2 Å². The van der Waals surface area contributed by atoms with Gasteiger partial charge in [-0.15, -0.1) is 0 Å². The maximum Gasteiger partial charge on any atom is 0.274 e. The number of halogens is 2. The van der Waals surface area contributed by atoms with E-state index in [0.29, 0.717) is 21.4 Å². The van der Waals surface area contributed by atoms with Gasteiger partial charge in [-0.05, 0) is 43.2 Å². The third kappa shape index (κ3) is 3.34. The first-order valence-electron chi connectivity index (χ1n) is 7.11. The molecule has 6 heteroatoms. The van der Waals surface area contributed by atoms with Gasteiger partial charge in [0.25, 0.3) is 5.91 Å². The summed E-state index contributed by atoms with van der Waals surface area (Å²) in [7, 11) is 0. The molecule has 1 aliphatic heterocycles. The third-order valence-electron chi connectivity index (χ3n) is 3.63. The van der Waals surface area contributed by atoms with E-state index in [-0.39, 0.29) is 5.91 Å². The fourth-order valence-corrected chi connectivity index (χ4v) is 2.92. The average Bonchev–Trinajstić information content (AvgIpc) is 3.04. The van der Waals surface area contributed by atoms with Crippen LogP contribution < -0.4 is 10.2 Å². The topological polar surface area (TPSA) is 45.2 Å². The quantitative estimate of drug-likeness (QED) is 0.912. The monoisotopic (exact) mass is 335 g/mol. The highest BCUT2D eigenvalue weighted by Crippen LogP contribution is 2.26. The average molecular weight is 336 g/mol. The number of hydrogen-bond acceptors (Lipinski definition) is 3. The Morgan fingerprint density at radius 2 is 1.91 bits per heavy atom. The SMILES string of the molecule is O=C(Nc1ccc(Cl)cc1Cl)c1ccc(N2CCCC2)cn1. The second-order valence-corrected chi connectivity index (χ2v) is 6.02. The fourth-order valence-electron chi connectivity index (χ4n) is 2.46. The number of benzene rings is 1. The van der Waals surface area contributed by atoms with Crippen LogP contribution in [0.1, 0.15) is 23.3 Å². The van der Waals surface area contributed by atoms with Gasteiger partial charge in [0.05, 0.1) is 22.6 Å². The Labute approximate surface area is 139 Å². The number of carbonyl (C=O) groups is 1. The zero-order chi connectivity index (χ0) is 15.5. The van der Waals surface area contributed by atoms with Crippen LogP contribution in [0, 0.1) is 0 Å². The van der Waals surface area contributed by atoms with Gasteiger partial charge in [-0.1, -0.05) is 23.2 Å². The van der Waals surface area contributed by atoms with Gasteiger partial charge in [-0.25, -0.2) is 4.98 Å².